The lowest BCUT2D eigenvalue weighted by atomic mass is 10.1. The Labute approximate surface area is 171 Å². The van der Waals surface area contributed by atoms with Crippen molar-refractivity contribution in [3.8, 4) is 6.01 Å². The Morgan fingerprint density at radius 3 is 2.59 bits per heavy atom. The minimum atomic E-state index is 0.356. The molecule has 2 aromatic heterocycles. The number of unbranched alkanes of at least 4 members (excludes halogenated alkanes) is 1. The van der Waals surface area contributed by atoms with Gasteiger partial charge in [0.1, 0.15) is 11.0 Å². The Bertz CT molecular complexity index is 944. The number of fused-ring (bicyclic) bond motifs is 1. The number of aromatic nitrogens is 3. The van der Waals surface area contributed by atoms with E-state index in [1.54, 1.807) is 0 Å². The molecule has 3 heterocycles. The predicted octanol–water partition coefficient (Wildman–Crippen LogP) is 3.06. The third-order valence-electron chi connectivity index (χ3n) is 5.54. The number of likely N-dealkylation sites (N-methyl/N-ethyl adjacent to an activating group) is 1. The minimum absolute atomic E-state index is 0.356. The number of hydrogen-bond acceptors (Lipinski definition) is 6. The zero-order valence-corrected chi connectivity index (χ0v) is 17.3. The summed E-state index contributed by atoms with van der Waals surface area (Å²) in [5, 5.41) is 0. The molecule has 1 fully saturated rings. The van der Waals surface area contributed by atoms with Crippen molar-refractivity contribution >= 4 is 22.5 Å². The number of ether oxygens (including phenoxy) is 1. The van der Waals surface area contributed by atoms with E-state index in [4.69, 9.17) is 10.5 Å². The van der Waals surface area contributed by atoms with Crippen molar-refractivity contribution in [2.45, 2.75) is 26.2 Å². The molecular formula is C22H30N6O. The second kappa shape index (κ2) is 8.69. The Morgan fingerprint density at radius 2 is 1.86 bits per heavy atom. The van der Waals surface area contributed by atoms with Gasteiger partial charge in [-0.1, -0.05) is 25.5 Å². The van der Waals surface area contributed by atoms with Crippen LogP contribution in [0.4, 0.5) is 11.5 Å². The summed E-state index contributed by atoms with van der Waals surface area (Å²) in [5.74, 6) is 0.429. The van der Waals surface area contributed by atoms with Gasteiger partial charge in [-0.3, -0.25) is 0 Å². The first-order valence-electron chi connectivity index (χ1n) is 10.4. The van der Waals surface area contributed by atoms with Crippen LogP contribution in [0.5, 0.6) is 6.01 Å². The topological polar surface area (TPSA) is 83.3 Å². The van der Waals surface area contributed by atoms with Gasteiger partial charge in [0, 0.05) is 50.0 Å². The van der Waals surface area contributed by atoms with Crippen molar-refractivity contribution in [2.75, 3.05) is 50.5 Å². The molecule has 0 atom stereocenters. The standard InChI is InChI=1S/C22H30N6O/c1-3-4-13-29-22-25-19-17(15-24-20(19)21(23)26-22)14-16-5-7-18(8-6-16)28-11-9-27(2)10-12-28/h5-8,15,24H,3-4,9-14H2,1-2H3,(H2,23,25,26). The van der Waals surface area contributed by atoms with E-state index < -0.39 is 0 Å². The average Bonchev–Trinajstić information content (AvgIpc) is 3.13. The van der Waals surface area contributed by atoms with Gasteiger partial charge in [-0.05, 0) is 31.2 Å². The number of nitrogen functional groups attached to an aromatic ring is 1. The summed E-state index contributed by atoms with van der Waals surface area (Å²) in [4.78, 5) is 16.9. The van der Waals surface area contributed by atoms with Crippen LogP contribution < -0.4 is 15.4 Å². The molecule has 3 N–H and O–H groups in total. The van der Waals surface area contributed by atoms with Crippen LogP contribution in [-0.2, 0) is 6.42 Å². The molecule has 0 bridgehead atoms. The van der Waals surface area contributed by atoms with Crippen molar-refractivity contribution in [1.29, 1.82) is 0 Å². The molecule has 7 heteroatoms. The van der Waals surface area contributed by atoms with Gasteiger partial charge in [0.15, 0.2) is 5.82 Å². The van der Waals surface area contributed by atoms with Crippen LogP contribution in [0.25, 0.3) is 11.0 Å². The van der Waals surface area contributed by atoms with Crippen molar-refractivity contribution < 1.29 is 4.74 Å². The van der Waals surface area contributed by atoms with Crippen molar-refractivity contribution in [3.05, 3.63) is 41.6 Å². The minimum Gasteiger partial charge on any atom is -0.463 e. The lowest BCUT2D eigenvalue weighted by Gasteiger charge is -2.34. The second-order valence-corrected chi connectivity index (χ2v) is 7.76. The van der Waals surface area contributed by atoms with Crippen LogP contribution in [0.1, 0.15) is 30.9 Å². The normalized spacial score (nSPS) is 15.2. The smallest absolute Gasteiger partial charge is 0.319 e. The maximum atomic E-state index is 6.11. The van der Waals surface area contributed by atoms with E-state index in [0.29, 0.717) is 18.4 Å². The fraction of sp³-hybridized carbons (Fsp3) is 0.455. The lowest BCUT2D eigenvalue weighted by molar-refractivity contribution is 0.287. The highest BCUT2D eigenvalue weighted by molar-refractivity contribution is 5.87. The van der Waals surface area contributed by atoms with Crippen molar-refractivity contribution in [3.63, 3.8) is 0 Å². The monoisotopic (exact) mass is 394 g/mol. The quantitative estimate of drug-likeness (QED) is 0.599. The highest BCUT2D eigenvalue weighted by Crippen LogP contribution is 2.26. The van der Waals surface area contributed by atoms with Gasteiger partial charge in [0.25, 0.3) is 0 Å². The van der Waals surface area contributed by atoms with E-state index in [-0.39, 0.29) is 0 Å². The summed E-state index contributed by atoms with van der Waals surface area (Å²) in [6.45, 7) is 7.11. The maximum absolute atomic E-state index is 6.11. The maximum Gasteiger partial charge on any atom is 0.319 e. The van der Waals surface area contributed by atoms with Crippen LogP contribution in [0.15, 0.2) is 30.5 Å². The average molecular weight is 395 g/mol. The van der Waals surface area contributed by atoms with E-state index in [1.165, 1.54) is 11.3 Å². The summed E-state index contributed by atoms with van der Waals surface area (Å²) in [6, 6.07) is 9.21. The van der Waals surface area contributed by atoms with E-state index >= 15 is 0 Å². The largest absolute Gasteiger partial charge is 0.463 e. The highest BCUT2D eigenvalue weighted by atomic mass is 16.5. The second-order valence-electron chi connectivity index (χ2n) is 7.76. The van der Waals surface area contributed by atoms with Gasteiger partial charge < -0.3 is 25.3 Å². The summed E-state index contributed by atoms with van der Waals surface area (Å²) in [7, 11) is 2.18. The molecule has 7 nitrogen and oxygen atoms in total. The summed E-state index contributed by atoms with van der Waals surface area (Å²) >= 11 is 0. The highest BCUT2D eigenvalue weighted by Gasteiger charge is 2.15. The number of benzene rings is 1. The van der Waals surface area contributed by atoms with Gasteiger partial charge in [-0.2, -0.15) is 9.97 Å². The third kappa shape index (κ3) is 4.45. The Kier molecular flexibility index (Phi) is 5.85. The van der Waals surface area contributed by atoms with Crippen LogP contribution in [0, 0.1) is 0 Å². The molecule has 0 spiro atoms. The van der Waals surface area contributed by atoms with Gasteiger partial charge >= 0.3 is 6.01 Å². The molecule has 1 saturated heterocycles. The Hall–Kier alpha value is -2.80. The molecule has 1 aliphatic rings. The molecule has 0 unspecified atom stereocenters. The number of anilines is 2. The van der Waals surface area contributed by atoms with E-state index in [0.717, 1.165) is 62.0 Å². The number of nitrogens with two attached hydrogens (primary N) is 1. The molecule has 1 aromatic carbocycles. The number of rotatable bonds is 7. The first-order valence-corrected chi connectivity index (χ1v) is 10.4. The Morgan fingerprint density at radius 1 is 1.10 bits per heavy atom. The first-order chi connectivity index (χ1) is 14.1. The summed E-state index contributed by atoms with van der Waals surface area (Å²) < 4.78 is 5.68. The molecule has 154 valence electrons. The number of nitrogens with zero attached hydrogens (tertiary/aromatic N) is 4. The number of aromatic amines is 1. The molecule has 29 heavy (non-hydrogen) atoms. The third-order valence-corrected chi connectivity index (χ3v) is 5.54. The SMILES string of the molecule is CCCCOc1nc(N)c2[nH]cc(Cc3ccc(N4CCN(C)CC4)cc3)c2n1. The van der Waals surface area contributed by atoms with Crippen LogP contribution in [0.3, 0.4) is 0 Å². The molecule has 0 aliphatic carbocycles. The molecule has 1 aliphatic heterocycles. The summed E-state index contributed by atoms with van der Waals surface area (Å²) in [5.41, 5.74) is 11.4. The molecule has 0 radical (unpaired) electrons. The van der Waals surface area contributed by atoms with Gasteiger partial charge in [-0.25, -0.2) is 0 Å². The van der Waals surface area contributed by atoms with Crippen LogP contribution >= 0.6 is 0 Å². The zero-order chi connectivity index (χ0) is 20.2. The first kappa shape index (κ1) is 19.5. The summed E-state index contributed by atoms with van der Waals surface area (Å²) in [6.07, 6.45) is 4.80. The van der Waals surface area contributed by atoms with Crippen LogP contribution in [0.2, 0.25) is 0 Å². The number of piperazine rings is 1. The fourth-order valence-corrected chi connectivity index (χ4v) is 3.68. The molecule has 0 amide bonds. The Balaban J connectivity index is 1.50. The van der Waals surface area contributed by atoms with Crippen molar-refractivity contribution in [2.24, 2.45) is 0 Å². The number of nitrogens with one attached hydrogen (secondary N) is 1. The fourth-order valence-electron chi connectivity index (χ4n) is 3.68. The zero-order valence-electron chi connectivity index (χ0n) is 17.3. The molecule has 4 rings (SSSR count). The molecule has 3 aromatic rings. The van der Waals surface area contributed by atoms with E-state index in [2.05, 4.69) is 63.0 Å². The predicted molar refractivity (Wildman–Crippen MR) is 118 cm³/mol. The van der Waals surface area contributed by atoms with E-state index in [9.17, 15) is 0 Å². The number of H-pyrrole nitrogens is 1. The number of hydrogen-bond donors (Lipinski definition) is 2. The lowest BCUT2D eigenvalue weighted by Crippen LogP contribution is -2.44. The molecule has 0 saturated carbocycles. The van der Waals surface area contributed by atoms with Crippen molar-refractivity contribution in [1.82, 2.24) is 19.9 Å². The molecular weight excluding hydrogens is 364 g/mol. The van der Waals surface area contributed by atoms with Gasteiger partial charge in [-0.15, -0.1) is 0 Å². The van der Waals surface area contributed by atoms with Gasteiger partial charge in [0.2, 0.25) is 0 Å². The van der Waals surface area contributed by atoms with Crippen LogP contribution in [-0.4, -0.2) is 59.7 Å². The van der Waals surface area contributed by atoms with Gasteiger partial charge in [0.05, 0.1) is 6.61 Å². The van der Waals surface area contributed by atoms with E-state index in [1.807, 2.05) is 6.20 Å².